The van der Waals surface area contributed by atoms with Gasteiger partial charge >= 0.3 is 13.8 Å². The van der Waals surface area contributed by atoms with E-state index in [1.807, 2.05) is 0 Å². The van der Waals surface area contributed by atoms with Crippen molar-refractivity contribution in [3.8, 4) is 0 Å². The number of unbranched alkanes of at least 4 members (excludes halogenated alkanes) is 18. The van der Waals surface area contributed by atoms with Crippen LogP contribution < -0.4 is 5.32 Å². The van der Waals surface area contributed by atoms with Crippen LogP contribution in [0.25, 0.3) is 0 Å². The maximum Gasteiger partial charge on any atom is 0.472 e. The average molecular weight is 608 g/mol. The summed E-state index contributed by atoms with van der Waals surface area (Å²) in [6, 6.07) is 0. The Balaban J connectivity index is 3.57. The Bertz CT molecular complexity index is 664. The van der Waals surface area contributed by atoms with Crippen molar-refractivity contribution in [2.24, 2.45) is 0 Å². The van der Waals surface area contributed by atoms with Gasteiger partial charge in [-0.25, -0.2) is 4.57 Å². The molecule has 0 aromatic heterocycles. The van der Waals surface area contributed by atoms with E-state index in [2.05, 4.69) is 19.2 Å². The highest BCUT2D eigenvalue weighted by Gasteiger charge is 2.23. The lowest BCUT2D eigenvalue weighted by Crippen LogP contribution is -2.27. The Morgan fingerprint density at radius 2 is 1.10 bits per heavy atom. The fourth-order valence-electron chi connectivity index (χ4n) is 4.50. The molecule has 0 saturated carbocycles. The quantitative estimate of drug-likeness (QED) is 0.0414. The lowest BCUT2D eigenvalue weighted by Gasteiger charge is -2.15. The van der Waals surface area contributed by atoms with Crippen LogP contribution in [-0.4, -0.2) is 54.3 Å². The van der Waals surface area contributed by atoms with Gasteiger partial charge in [-0.2, -0.15) is 0 Å². The van der Waals surface area contributed by atoms with Gasteiger partial charge in [-0.3, -0.25) is 18.6 Å². The zero-order valence-electron chi connectivity index (χ0n) is 26.3. The van der Waals surface area contributed by atoms with Crippen LogP contribution in [0.15, 0.2) is 0 Å². The summed E-state index contributed by atoms with van der Waals surface area (Å²) in [7, 11) is -4.38. The van der Waals surface area contributed by atoms with E-state index >= 15 is 0 Å². The van der Waals surface area contributed by atoms with Crippen molar-refractivity contribution in [3.63, 3.8) is 0 Å². The van der Waals surface area contributed by atoms with E-state index in [1.54, 1.807) is 0 Å². The van der Waals surface area contributed by atoms with E-state index in [-0.39, 0.29) is 32.1 Å². The first kappa shape index (κ1) is 40.0. The molecular weight excluding hydrogens is 545 g/mol. The van der Waals surface area contributed by atoms with Crippen molar-refractivity contribution < 1.29 is 37.9 Å². The molecule has 0 heterocycles. The maximum atomic E-state index is 11.9. The Morgan fingerprint density at radius 3 is 1.61 bits per heavy atom. The van der Waals surface area contributed by atoms with Gasteiger partial charge in [0, 0.05) is 19.4 Å². The number of ether oxygens (including phenoxy) is 1. The van der Waals surface area contributed by atoms with Crippen LogP contribution in [0.4, 0.5) is 0 Å². The summed E-state index contributed by atoms with van der Waals surface area (Å²) in [6.07, 6.45) is 23.7. The normalized spacial score (nSPS) is 13.6. The summed E-state index contributed by atoms with van der Waals surface area (Å²) in [5.74, 6) is -0.529. The van der Waals surface area contributed by atoms with E-state index < -0.39 is 26.5 Å². The third kappa shape index (κ3) is 30.3. The minimum Gasteiger partial charge on any atom is -0.463 e. The van der Waals surface area contributed by atoms with E-state index in [0.29, 0.717) is 6.42 Å². The minimum absolute atomic E-state index is 0.0834. The molecule has 0 rings (SSSR count). The standard InChI is InChI=1S/C31H62NO8P/c1-3-5-7-9-10-11-12-13-14-15-16-17-18-19-20-22-24-31(35)38-27-29(33)28-40-41(36,37)39-26-25-32-30(34)23-21-8-6-4-2/h29,33H,3-28H2,1-2H3,(H,32,34)(H,36,37). The van der Waals surface area contributed by atoms with E-state index in [0.717, 1.165) is 44.9 Å². The highest BCUT2D eigenvalue weighted by atomic mass is 31.2. The third-order valence-corrected chi connectivity index (χ3v) is 8.02. The summed E-state index contributed by atoms with van der Waals surface area (Å²) < 4.78 is 26.5. The van der Waals surface area contributed by atoms with E-state index in [4.69, 9.17) is 13.8 Å². The fraction of sp³-hybridized carbons (Fsp3) is 0.935. The fourth-order valence-corrected chi connectivity index (χ4v) is 5.25. The Hall–Kier alpha value is -0.990. The maximum absolute atomic E-state index is 11.9. The second-order valence-electron chi connectivity index (χ2n) is 11.1. The molecule has 2 atom stereocenters. The van der Waals surface area contributed by atoms with Crippen molar-refractivity contribution in [2.75, 3.05) is 26.4 Å². The van der Waals surface area contributed by atoms with Gasteiger partial charge in [-0.1, -0.05) is 129 Å². The molecule has 0 aliphatic rings. The number of nitrogens with one attached hydrogen (secondary N) is 1. The molecule has 0 aromatic carbocycles. The van der Waals surface area contributed by atoms with Gasteiger partial charge in [0.2, 0.25) is 5.91 Å². The Kier molecular flexibility index (Phi) is 28.4. The summed E-state index contributed by atoms with van der Waals surface area (Å²) in [5.41, 5.74) is 0. The lowest BCUT2D eigenvalue weighted by molar-refractivity contribution is -0.147. The average Bonchev–Trinajstić information content (AvgIpc) is 2.95. The molecule has 0 aromatic rings. The second kappa shape index (κ2) is 29.1. The van der Waals surface area contributed by atoms with Gasteiger partial charge in [-0.05, 0) is 12.8 Å². The highest BCUT2D eigenvalue weighted by molar-refractivity contribution is 7.47. The van der Waals surface area contributed by atoms with Crippen LogP contribution in [0.5, 0.6) is 0 Å². The number of phosphoric ester groups is 1. The molecule has 0 aliphatic heterocycles. The molecule has 3 N–H and O–H groups in total. The Morgan fingerprint density at radius 1 is 0.659 bits per heavy atom. The number of amides is 1. The lowest BCUT2D eigenvalue weighted by atomic mass is 10.0. The number of esters is 1. The molecule has 1 amide bonds. The molecule has 0 radical (unpaired) electrons. The third-order valence-electron chi connectivity index (χ3n) is 7.04. The topological polar surface area (TPSA) is 131 Å². The second-order valence-corrected chi connectivity index (χ2v) is 12.6. The van der Waals surface area contributed by atoms with Gasteiger partial charge < -0.3 is 20.1 Å². The van der Waals surface area contributed by atoms with E-state index in [9.17, 15) is 24.2 Å². The number of hydrogen-bond acceptors (Lipinski definition) is 7. The number of rotatable bonds is 31. The molecule has 244 valence electrons. The molecular formula is C31H62NO8P. The number of carbonyl (C=O) groups excluding carboxylic acids is 2. The molecule has 0 aliphatic carbocycles. The molecule has 0 bridgehead atoms. The van der Waals surface area contributed by atoms with Crippen LogP contribution in [0.2, 0.25) is 0 Å². The zero-order valence-corrected chi connectivity index (χ0v) is 27.1. The Labute approximate surface area is 250 Å². The smallest absolute Gasteiger partial charge is 0.463 e. The monoisotopic (exact) mass is 607 g/mol. The first-order chi connectivity index (χ1) is 19.8. The molecule has 41 heavy (non-hydrogen) atoms. The van der Waals surface area contributed by atoms with Crippen LogP contribution in [0, 0.1) is 0 Å². The first-order valence-electron chi connectivity index (χ1n) is 16.5. The summed E-state index contributed by atoms with van der Waals surface area (Å²) in [6.45, 7) is 3.42. The van der Waals surface area contributed by atoms with Crippen LogP contribution >= 0.6 is 7.82 Å². The number of phosphoric acid groups is 1. The van der Waals surface area contributed by atoms with E-state index in [1.165, 1.54) is 83.5 Å². The number of aliphatic hydroxyl groups excluding tert-OH is 1. The summed E-state index contributed by atoms with van der Waals surface area (Å²) >= 11 is 0. The van der Waals surface area contributed by atoms with Gasteiger partial charge in [0.15, 0.2) is 0 Å². The van der Waals surface area contributed by atoms with Gasteiger partial charge in [0.05, 0.1) is 13.2 Å². The van der Waals surface area contributed by atoms with Gasteiger partial charge in [0.1, 0.15) is 12.7 Å². The molecule has 0 spiro atoms. The van der Waals surface area contributed by atoms with Crippen molar-refractivity contribution >= 4 is 19.7 Å². The largest absolute Gasteiger partial charge is 0.472 e. The minimum atomic E-state index is -4.38. The van der Waals surface area contributed by atoms with Crippen molar-refractivity contribution in [1.29, 1.82) is 0 Å². The predicted molar refractivity (Wildman–Crippen MR) is 165 cm³/mol. The molecule has 10 heteroatoms. The molecule has 9 nitrogen and oxygen atoms in total. The van der Waals surface area contributed by atoms with Crippen LogP contribution in [0.1, 0.15) is 155 Å². The van der Waals surface area contributed by atoms with Gasteiger partial charge in [0.25, 0.3) is 0 Å². The molecule has 0 saturated heterocycles. The van der Waals surface area contributed by atoms with Crippen molar-refractivity contribution in [2.45, 2.75) is 161 Å². The van der Waals surface area contributed by atoms with Crippen LogP contribution in [-0.2, 0) is 27.9 Å². The van der Waals surface area contributed by atoms with Crippen LogP contribution in [0.3, 0.4) is 0 Å². The molecule has 0 fully saturated rings. The molecule has 2 unspecified atom stereocenters. The summed E-state index contributed by atoms with van der Waals surface area (Å²) in [4.78, 5) is 33.3. The number of aliphatic hydroxyl groups is 1. The number of carbonyl (C=O) groups is 2. The zero-order chi connectivity index (χ0) is 30.4. The van der Waals surface area contributed by atoms with Gasteiger partial charge in [-0.15, -0.1) is 0 Å². The first-order valence-corrected chi connectivity index (χ1v) is 18.0. The van der Waals surface area contributed by atoms with Crippen molar-refractivity contribution in [3.05, 3.63) is 0 Å². The predicted octanol–water partition coefficient (Wildman–Crippen LogP) is 7.76. The number of hydrogen-bond donors (Lipinski definition) is 3. The summed E-state index contributed by atoms with van der Waals surface area (Å²) in [5, 5.41) is 12.5. The SMILES string of the molecule is CCCCCCCCCCCCCCCCCCC(=O)OCC(O)COP(=O)(O)OCCNC(=O)CCCCCC. The van der Waals surface area contributed by atoms with Crippen molar-refractivity contribution in [1.82, 2.24) is 5.32 Å². The highest BCUT2D eigenvalue weighted by Crippen LogP contribution is 2.42.